The first-order valence-electron chi connectivity index (χ1n) is 7.27. The Kier molecular flexibility index (Phi) is 5.46. The van der Waals surface area contributed by atoms with E-state index in [1.54, 1.807) is 19.9 Å². The van der Waals surface area contributed by atoms with Gasteiger partial charge >= 0.3 is 0 Å². The second-order valence-electron chi connectivity index (χ2n) is 5.69. The number of nitrogens with zero attached hydrogens (tertiary/aromatic N) is 1. The maximum atomic E-state index is 12.1. The maximum Gasteiger partial charge on any atom is 0.284 e. The Morgan fingerprint density at radius 1 is 1.32 bits per heavy atom. The minimum atomic E-state index is -3.72. The zero-order valence-electron chi connectivity index (χ0n) is 12.6. The second-order valence-corrected chi connectivity index (χ2v) is 8.74. The smallest absolute Gasteiger partial charge is 0.258 e. The molecule has 1 aliphatic rings. The number of nitro benzene ring substituents is 1. The second kappa shape index (κ2) is 6.97. The fraction of sp³-hybridized carbons (Fsp3) is 0.571. The highest BCUT2D eigenvalue weighted by molar-refractivity contribution is 8.00. The summed E-state index contributed by atoms with van der Waals surface area (Å²) in [5, 5.41) is 11.7. The third kappa shape index (κ3) is 4.21. The van der Waals surface area contributed by atoms with Gasteiger partial charge < -0.3 is 0 Å². The SMILES string of the molecule is CC(C)NS(=O)(=O)c1ccc(SC2CCCC2)c([N+](=O)[O-])c1. The molecule has 1 N–H and O–H groups in total. The average molecular weight is 344 g/mol. The van der Waals surface area contributed by atoms with E-state index in [4.69, 9.17) is 0 Å². The summed E-state index contributed by atoms with van der Waals surface area (Å²) in [4.78, 5) is 11.2. The molecule has 0 amide bonds. The van der Waals surface area contributed by atoms with Gasteiger partial charge in [-0.25, -0.2) is 13.1 Å². The van der Waals surface area contributed by atoms with Crippen molar-refractivity contribution in [1.29, 1.82) is 0 Å². The van der Waals surface area contributed by atoms with Crippen LogP contribution in [0.4, 0.5) is 5.69 Å². The average Bonchev–Trinajstić information content (AvgIpc) is 2.90. The largest absolute Gasteiger partial charge is 0.284 e. The van der Waals surface area contributed by atoms with Gasteiger partial charge in [-0.3, -0.25) is 10.1 Å². The lowest BCUT2D eigenvalue weighted by atomic mass is 10.3. The van der Waals surface area contributed by atoms with Crippen molar-refractivity contribution in [3.05, 3.63) is 28.3 Å². The molecular weight excluding hydrogens is 324 g/mol. The normalized spacial score (nSPS) is 16.3. The Labute approximate surface area is 134 Å². The Balaban J connectivity index is 2.32. The molecule has 0 aliphatic heterocycles. The molecule has 0 radical (unpaired) electrons. The quantitative estimate of drug-likeness (QED) is 0.631. The summed E-state index contributed by atoms with van der Waals surface area (Å²) in [6.07, 6.45) is 4.40. The standard InChI is InChI=1S/C14H20N2O4S2/c1-10(2)15-22(19,20)12-7-8-14(13(9-12)16(17)18)21-11-5-3-4-6-11/h7-11,15H,3-6H2,1-2H3. The topological polar surface area (TPSA) is 89.3 Å². The molecule has 8 heteroatoms. The van der Waals surface area contributed by atoms with Gasteiger partial charge in [-0.1, -0.05) is 12.8 Å². The molecule has 0 bridgehead atoms. The highest BCUT2D eigenvalue weighted by atomic mass is 32.2. The van der Waals surface area contributed by atoms with Crippen LogP contribution < -0.4 is 4.72 Å². The van der Waals surface area contributed by atoms with E-state index in [1.165, 1.54) is 17.8 Å². The lowest BCUT2D eigenvalue weighted by molar-refractivity contribution is -0.388. The maximum absolute atomic E-state index is 12.1. The Morgan fingerprint density at radius 2 is 1.95 bits per heavy atom. The van der Waals surface area contributed by atoms with Crippen LogP contribution in [0.1, 0.15) is 39.5 Å². The monoisotopic (exact) mass is 344 g/mol. The van der Waals surface area contributed by atoms with Gasteiger partial charge in [0.15, 0.2) is 0 Å². The third-order valence-electron chi connectivity index (χ3n) is 3.42. The molecule has 122 valence electrons. The van der Waals surface area contributed by atoms with Gasteiger partial charge in [-0.15, -0.1) is 11.8 Å². The molecule has 1 saturated carbocycles. The number of hydrogen-bond donors (Lipinski definition) is 1. The lowest BCUT2D eigenvalue weighted by Gasteiger charge is -2.12. The summed E-state index contributed by atoms with van der Waals surface area (Å²) in [5.74, 6) is 0. The number of benzene rings is 1. The van der Waals surface area contributed by atoms with E-state index in [-0.39, 0.29) is 16.6 Å². The number of nitro groups is 1. The van der Waals surface area contributed by atoms with Crippen molar-refractivity contribution >= 4 is 27.5 Å². The van der Waals surface area contributed by atoms with Crippen LogP contribution in [0.15, 0.2) is 28.0 Å². The van der Waals surface area contributed by atoms with Gasteiger partial charge in [0.25, 0.3) is 5.69 Å². The van der Waals surface area contributed by atoms with Crippen LogP contribution in [-0.4, -0.2) is 24.6 Å². The Morgan fingerprint density at radius 3 is 2.50 bits per heavy atom. The molecule has 2 rings (SSSR count). The van der Waals surface area contributed by atoms with E-state index >= 15 is 0 Å². The predicted molar refractivity (Wildman–Crippen MR) is 86.7 cm³/mol. The fourth-order valence-electron chi connectivity index (χ4n) is 2.47. The van der Waals surface area contributed by atoms with Gasteiger partial charge in [0, 0.05) is 17.4 Å². The van der Waals surface area contributed by atoms with Gasteiger partial charge in [-0.2, -0.15) is 0 Å². The van der Waals surface area contributed by atoms with Gasteiger partial charge in [0.2, 0.25) is 10.0 Å². The number of rotatable bonds is 6. The van der Waals surface area contributed by atoms with Crippen LogP contribution in [0.25, 0.3) is 0 Å². The van der Waals surface area contributed by atoms with Crippen LogP contribution in [0.2, 0.25) is 0 Å². The van der Waals surface area contributed by atoms with Crippen LogP contribution >= 0.6 is 11.8 Å². The molecular formula is C14H20N2O4S2. The van der Waals surface area contributed by atoms with Gasteiger partial charge in [0.1, 0.15) is 0 Å². The summed E-state index contributed by atoms with van der Waals surface area (Å²) in [6, 6.07) is 3.88. The van der Waals surface area contributed by atoms with Crippen LogP contribution in [0, 0.1) is 10.1 Å². The number of sulfonamides is 1. The summed E-state index contributed by atoms with van der Waals surface area (Å²) in [5.41, 5.74) is -0.136. The number of hydrogen-bond acceptors (Lipinski definition) is 5. The minimum Gasteiger partial charge on any atom is -0.258 e. The third-order valence-corrected chi connectivity index (χ3v) is 6.48. The fourth-order valence-corrected chi connectivity index (χ4v) is 5.07. The van der Waals surface area contributed by atoms with Crippen molar-refractivity contribution < 1.29 is 13.3 Å². The van der Waals surface area contributed by atoms with E-state index in [2.05, 4.69) is 4.72 Å². The summed E-state index contributed by atoms with van der Waals surface area (Å²) in [7, 11) is -3.72. The van der Waals surface area contributed by atoms with Crippen LogP contribution in [0.5, 0.6) is 0 Å². The molecule has 0 atom stereocenters. The molecule has 0 aromatic heterocycles. The van der Waals surface area contributed by atoms with E-state index in [0.717, 1.165) is 31.7 Å². The summed E-state index contributed by atoms with van der Waals surface area (Å²) < 4.78 is 26.7. The first-order chi connectivity index (χ1) is 10.3. The Bertz CT molecular complexity index is 653. The Hall–Kier alpha value is -1.12. The minimum absolute atomic E-state index is 0.0660. The molecule has 0 heterocycles. The zero-order valence-corrected chi connectivity index (χ0v) is 14.2. The van der Waals surface area contributed by atoms with E-state index < -0.39 is 14.9 Å². The molecule has 1 fully saturated rings. The van der Waals surface area contributed by atoms with Crippen molar-refractivity contribution in [2.45, 2.75) is 60.6 Å². The summed E-state index contributed by atoms with van der Waals surface area (Å²) >= 11 is 1.48. The van der Waals surface area contributed by atoms with Gasteiger partial charge in [0.05, 0.1) is 14.7 Å². The van der Waals surface area contributed by atoms with Crippen molar-refractivity contribution in [3.63, 3.8) is 0 Å². The van der Waals surface area contributed by atoms with E-state index in [9.17, 15) is 18.5 Å². The van der Waals surface area contributed by atoms with Crippen LogP contribution in [-0.2, 0) is 10.0 Å². The lowest BCUT2D eigenvalue weighted by Crippen LogP contribution is -2.30. The number of nitrogens with one attached hydrogen (secondary N) is 1. The van der Waals surface area contributed by atoms with E-state index in [0.29, 0.717) is 10.1 Å². The van der Waals surface area contributed by atoms with E-state index in [1.807, 2.05) is 0 Å². The molecule has 1 aliphatic carbocycles. The molecule has 1 aromatic rings. The van der Waals surface area contributed by atoms with Gasteiger partial charge in [-0.05, 0) is 38.8 Å². The molecule has 22 heavy (non-hydrogen) atoms. The van der Waals surface area contributed by atoms with Crippen molar-refractivity contribution in [1.82, 2.24) is 4.72 Å². The van der Waals surface area contributed by atoms with Crippen molar-refractivity contribution in [2.24, 2.45) is 0 Å². The summed E-state index contributed by atoms with van der Waals surface area (Å²) in [6.45, 7) is 3.41. The molecule has 6 nitrogen and oxygen atoms in total. The zero-order chi connectivity index (χ0) is 16.3. The predicted octanol–water partition coefficient (Wildman–Crippen LogP) is 3.32. The highest BCUT2D eigenvalue weighted by Crippen LogP contribution is 2.39. The highest BCUT2D eigenvalue weighted by Gasteiger charge is 2.25. The van der Waals surface area contributed by atoms with Crippen molar-refractivity contribution in [2.75, 3.05) is 0 Å². The van der Waals surface area contributed by atoms with Crippen molar-refractivity contribution in [3.8, 4) is 0 Å². The molecule has 1 aromatic carbocycles. The molecule has 0 saturated heterocycles. The number of thioether (sulfide) groups is 1. The first-order valence-corrected chi connectivity index (χ1v) is 9.63. The molecule has 0 unspecified atom stereocenters. The molecule has 0 spiro atoms. The first kappa shape index (κ1) is 17.2. The van der Waals surface area contributed by atoms with Crippen LogP contribution in [0.3, 0.4) is 0 Å².